The van der Waals surface area contributed by atoms with Crippen molar-refractivity contribution >= 4 is 29.1 Å². The lowest BCUT2D eigenvalue weighted by atomic mass is 9.73. The van der Waals surface area contributed by atoms with Gasteiger partial charge in [0, 0.05) is 22.2 Å². The molecule has 5 rings (SSSR count). The second-order valence-corrected chi connectivity index (χ2v) is 8.49. The van der Waals surface area contributed by atoms with Gasteiger partial charge in [-0.15, -0.1) is 0 Å². The number of para-hydroxylation sites is 1. The van der Waals surface area contributed by atoms with Gasteiger partial charge in [-0.1, -0.05) is 84.4 Å². The SMILES string of the molecule is N#CC1(C#N)[C@H](c2ccc(Cl)cc2)[C@@H](C(=O)c2ccccc2)[C@H]2C=Cc3ccccc3N21. The van der Waals surface area contributed by atoms with E-state index < -0.39 is 23.4 Å². The number of halogens is 1. The first kappa shape index (κ1) is 20.1. The Morgan fingerprint density at radius 2 is 1.56 bits per heavy atom. The van der Waals surface area contributed by atoms with Crippen molar-refractivity contribution in [3.05, 3.63) is 107 Å². The van der Waals surface area contributed by atoms with Crippen molar-refractivity contribution < 1.29 is 4.79 Å². The van der Waals surface area contributed by atoms with Crippen molar-refractivity contribution in [1.82, 2.24) is 0 Å². The number of hydrogen-bond donors (Lipinski definition) is 0. The minimum absolute atomic E-state index is 0.0862. The molecular formula is C27H18ClN3O. The van der Waals surface area contributed by atoms with Crippen molar-refractivity contribution in [3.8, 4) is 12.1 Å². The Balaban J connectivity index is 1.78. The summed E-state index contributed by atoms with van der Waals surface area (Å²) in [5.74, 6) is -1.37. The number of rotatable bonds is 3. The van der Waals surface area contributed by atoms with E-state index in [-0.39, 0.29) is 5.78 Å². The summed E-state index contributed by atoms with van der Waals surface area (Å²) in [5.41, 5.74) is 1.45. The van der Waals surface area contributed by atoms with Crippen LogP contribution in [0.5, 0.6) is 0 Å². The molecule has 0 aromatic heterocycles. The number of nitriles is 2. The lowest BCUT2D eigenvalue weighted by Crippen LogP contribution is -2.48. The molecule has 0 spiro atoms. The molecule has 1 fully saturated rings. The molecule has 0 radical (unpaired) electrons. The fraction of sp³-hybridized carbons (Fsp3) is 0.148. The van der Waals surface area contributed by atoms with Gasteiger partial charge in [-0.05, 0) is 29.3 Å². The number of benzene rings is 3. The van der Waals surface area contributed by atoms with Gasteiger partial charge in [-0.2, -0.15) is 10.5 Å². The number of fused-ring (bicyclic) bond motifs is 3. The van der Waals surface area contributed by atoms with E-state index in [1.54, 1.807) is 24.3 Å². The maximum atomic E-state index is 13.9. The van der Waals surface area contributed by atoms with E-state index in [1.165, 1.54) is 0 Å². The highest BCUT2D eigenvalue weighted by atomic mass is 35.5. The highest BCUT2D eigenvalue weighted by Gasteiger charge is 2.63. The average molecular weight is 436 g/mol. The largest absolute Gasteiger partial charge is 0.333 e. The minimum Gasteiger partial charge on any atom is -0.333 e. The Bertz CT molecular complexity index is 1290. The number of Topliss-reactive ketones (excluding diaryl/α,β-unsaturated/α-hetero) is 1. The summed E-state index contributed by atoms with van der Waals surface area (Å²) in [6.45, 7) is 0. The Morgan fingerprint density at radius 1 is 0.906 bits per heavy atom. The van der Waals surface area contributed by atoms with Crippen LogP contribution in [0.15, 0.2) is 84.9 Å². The van der Waals surface area contributed by atoms with Crippen molar-refractivity contribution in [3.63, 3.8) is 0 Å². The van der Waals surface area contributed by atoms with Gasteiger partial charge in [0.1, 0.15) is 12.1 Å². The zero-order chi connectivity index (χ0) is 22.3. The maximum Gasteiger partial charge on any atom is 0.223 e. The smallest absolute Gasteiger partial charge is 0.223 e. The molecule has 0 saturated carbocycles. The van der Waals surface area contributed by atoms with Crippen LogP contribution in [-0.2, 0) is 0 Å². The number of anilines is 1. The van der Waals surface area contributed by atoms with Crippen LogP contribution >= 0.6 is 11.6 Å². The second-order valence-electron chi connectivity index (χ2n) is 8.05. The molecular weight excluding hydrogens is 418 g/mol. The number of hydrogen-bond acceptors (Lipinski definition) is 4. The zero-order valence-corrected chi connectivity index (χ0v) is 17.8. The van der Waals surface area contributed by atoms with Crippen molar-refractivity contribution in [1.29, 1.82) is 10.5 Å². The molecule has 3 atom stereocenters. The molecule has 32 heavy (non-hydrogen) atoms. The summed E-state index contributed by atoms with van der Waals surface area (Å²) in [4.78, 5) is 15.7. The number of carbonyl (C=O) groups is 1. The summed E-state index contributed by atoms with van der Waals surface area (Å²) in [6.07, 6.45) is 3.93. The summed E-state index contributed by atoms with van der Waals surface area (Å²) in [5, 5.41) is 21.5. The zero-order valence-electron chi connectivity index (χ0n) is 17.0. The molecule has 4 nitrogen and oxygen atoms in total. The van der Waals surface area contributed by atoms with Crippen LogP contribution in [0.3, 0.4) is 0 Å². The molecule has 2 heterocycles. The normalized spacial score (nSPS) is 22.3. The standard InChI is InChI=1S/C27H18ClN3O/c28-21-13-10-19(11-14-21)25-24(26(32)20-7-2-1-3-8-20)23-15-12-18-6-4-5-9-22(18)31(23)27(25,16-29)17-30/h1-15,23-25H/t23-,24+,25-/m1/s1. The van der Waals surface area contributed by atoms with Crippen molar-refractivity contribution in [2.24, 2.45) is 5.92 Å². The van der Waals surface area contributed by atoms with Crippen LogP contribution in [0.1, 0.15) is 27.4 Å². The maximum absolute atomic E-state index is 13.9. The molecule has 5 heteroatoms. The van der Waals surface area contributed by atoms with Gasteiger partial charge in [0.15, 0.2) is 5.78 Å². The van der Waals surface area contributed by atoms with E-state index in [1.807, 2.05) is 71.6 Å². The van der Waals surface area contributed by atoms with Gasteiger partial charge >= 0.3 is 0 Å². The fourth-order valence-corrected chi connectivity index (χ4v) is 5.23. The highest BCUT2D eigenvalue weighted by Crippen LogP contribution is 2.54. The summed E-state index contributed by atoms with van der Waals surface area (Å²) < 4.78 is 0. The third-order valence-corrected chi connectivity index (χ3v) is 6.71. The van der Waals surface area contributed by atoms with Crippen LogP contribution in [0, 0.1) is 28.6 Å². The summed E-state index contributed by atoms with van der Waals surface area (Å²) in [7, 11) is 0. The van der Waals surface area contributed by atoms with E-state index in [9.17, 15) is 15.3 Å². The highest BCUT2D eigenvalue weighted by molar-refractivity contribution is 6.30. The quantitative estimate of drug-likeness (QED) is 0.500. The van der Waals surface area contributed by atoms with E-state index >= 15 is 0 Å². The van der Waals surface area contributed by atoms with Crippen molar-refractivity contribution in [2.45, 2.75) is 17.5 Å². The van der Waals surface area contributed by atoms with Gasteiger partial charge in [0.05, 0.1) is 12.0 Å². The molecule has 0 N–H and O–H groups in total. The van der Waals surface area contributed by atoms with Gasteiger partial charge in [-0.3, -0.25) is 4.79 Å². The van der Waals surface area contributed by atoms with E-state index in [0.717, 1.165) is 16.8 Å². The molecule has 2 aliphatic rings. The molecule has 154 valence electrons. The van der Waals surface area contributed by atoms with Crippen LogP contribution in [0.4, 0.5) is 5.69 Å². The first-order valence-corrected chi connectivity index (χ1v) is 10.7. The molecule has 1 saturated heterocycles. The Labute approximate surface area is 191 Å². The lowest BCUT2D eigenvalue weighted by molar-refractivity contribution is 0.0906. The average Bonchev–Trinajstić information content (AvgIpc) is 3.15. The van der Waals surface area contributed by atoms with E-state index in [4.69, 9.17) is 11.6 Å². The van der Waals surface area contributed by atoms with Crippen LogP contribution < -0.4 is 4.90 Å². The van der Waals surface area contributed by atoms with Crippen LogP contribution in [0.25, 0.3) is 6.08 Å². The van der Waals surface area contributed by atoms with Gasteiger partial charge in [-0.25, -0.2) is 0 Å². The fourth-order valence-electron chi connectivity index (χ4n) is 5.10. The molecule has 0 bridgehead atoms. The van der Waals surface area contributed by atoms with Crippen LogP contribution in [0.2, 0.25) is 5.02 Å². The van der Waals surface area contributed by atoms with E-state index in [2.05, 4.69) is 12.1 Å². The predicted molar refractivity (Wildman–Crippen MR) is 124 cm³/mol. The topological polar surface area (TPSA) is 67.9 Å². The molecule has 3 aromatic rings. The molecule has 3 aromatic carbocycles. The summed E-state index contributed by atoms with van der Waals surface area (Å²) in [6, 6.07) is 28.0. The third-order valence-electron chi connectivity index (χ3n) is 6.46. The first-order chi connectivity index (χ1) is 15.6. The lowest BCUT2D eigenvalue weighted by Gasteiger charge is -2.37. The monoisotopic (exact) mass is 435 g/mol. The predicted octanol–water partition coefficient (Wildman–Crippen LogP) is 5.62. The minimum atomic E-state index is -1.56. The van der Waals surface area contributed by atoms with Gasteiger partial charge < -0.3 is 4.90 Å². The van der Waals surface area contributed by atoms with E-state index in [0.29, 0.717) is 10.6 Å². The molecule has 2 aliphatic heterocycles. The number of carbonyl (C=O) groups excluding carboxylic acids is 1. The molecule has 0 aliphatic carbocycles. The summed E-state index contributed by atoms with van der Waals surface area (Å²) >= 11 is 6.12. The third kappa shape index (κ3) is 2.85. The number of nitrogens with zero attached hydrogens (tertiary/aromatic N) is 3. The second kappa shape index (κ2) is 7.68. The van der Waals surface area contributed by atoms with Crippen molar-refractivity contribution in [2.75, 3.05) is 4.90 Å². The van der Waals surface area contributed by atoms with Gasteiger partial charge in [0.2, 0.25) is 5.54 Å². The first-order valence-electron chi connectivity index (χ1n) is 10.3. The van der Waals surface area contributed by atoms with Crippen LogP contribution in [-0.4, -0.2) is 17.4 Å². The molecule has 0 amide bonds. The Kier molecular flexibility index (Phi) is 4.82. The Morgan fingerprint density at radius 3 is 2.25 bits per heavy atom. The number of ketones is 1. The molecule has 0 unspecified atom stereocenters. The van der Waals surface area contributed by atoms with Gasteiger partial charge in [0.25, 0.3) is 0 Å². The Hall–Kier alpha value is -3.86.